The van der Waals surface area contributed by atoms with Crippen LogP contribution in [0.3, 0.4) is 0 Å². The fourth-order valence-electron chi connectivity index (χ4n) is 3.08. The van der Waals surface area contributed by atoms with E-state index >= 15 is 0 Å². The number of hydrogen-bond donors (Lipinski definition) is 0. The summed E-state index contributed by atoms with van der Waals surface area (Å²) in [5.74, 6) is 0.744. The quantitative estimate of drug-likeness (QED) is 0.542. The molecule has 0 fully saturated rings. The number of hydrogen-bond acceptors (Lipinski definition) is 2. The molecule has 0 saturated carbocycles. The highest BCUT2D eigenvalue weighted by Gasteiger charge is 2.18. The van der Waals surface area contributed by atoms with Crippen molar-refractivity contribution in [3.63, 3.8) is 0 Å². The maximum atomic E-state index is 12.7. The van der Waals surface area contributed by atoms with Crippen molar-refractivity contribution in [1.82, 2.24) is 4.57 Å². The molecule has 0 bridgehead atoms. The molecule has 122 valence electrons. The second kappa shape index (κ2) is 6.65. The molecule has 2 heterocycles. The molecule has 3 heteroatoms. The van der Waals surface area contributed by atoms with Crippen molar-refractivity contribution in [3.05, 3.63) is 119 Å². The van der Waals surface area contributed by atoms with Crippen LogP contribution in [-0.2, 0) is 0 Å². The molecule has 4 aromatic rings. The van der Waals surface area contributed by atoms with Gasteiger partial charge in [-0.1, -0.05) is 60.7 Å². The molecule has 2 aromatic carbocycles. The van der Waals surface area contributed by atoms with Crippen molar-refractivity contribution in [2.24, 2.45) is 0 Å². The molecule has 0 radical (unpaired) electrons. The lowest BCUT2D eigenvalue weighted by Crippen LogP contribution is -2.25. The Kier molecular flexibility index (Phi) is 4.05. The third-order valence-electron chi connectivity index (χ3n) is 4.25. The van der Waals surface area contributed by atoms with Crippen LogP contribution in [0.15, 0.2) is 107 Å². The predicted molar refractivity (Wildman–Crippen MR) is 98.5 cm³/mol. The van der Waals surface area contributed by atoms with Crippen molar-refractivity contribution in [2.45, 2.75) is 6.04 Å². The Morgan fingerprint density at radius 2 is 1.36 bits per heavy atom. The van der Waals surface area contributed by atoms with Crippen LogP contribution in [0.2, 0.25) is 0 Å². The Morgan fingerprint density at radius 3 is 1.92 bits per heavy atom. The molecule has 0 amide bonds. The van der Waals surface area contributed by atoms with Gasteiger partial charge in [0.1, 0.15) is 5.76 Å². The van der Waals surface area contributed by atoms with E-state index in [0.717, 1.165) is 22.5 Å². The van der Waals surface area contributed by atoms with Gasteiger partial charge in [0.25, 0.3) is 5.56 Å². The number of pyridine rings is 1. The Bertz CT molecular complexity index is 963. The first-order chi connectivity index (χ1) is 12.3. The standard InChI is InChI=1S/C22H17NO2/c24-21-14-13-19(20-12-7-15-25-20)16-23(21)22(17-8-3-1-4-9-17)18-10-5-2-6-11-18/h1-16,22H. The lowest BCUT2D eigenvalue weighted by Gasteiger charge is -2.21. The van der Waals surface area contributed by atoms with Crippen LogP contribution in [0.1, 0.15) is 17.2 Å². The molecule has 0 aliphatic heterocycles. The molecule has 25 heavy (non-hydrogen) atoms. The molecular formula is C22H17NO2. The minimum Gasteiger partial charge on any atom is -0.464 e. The fourth-order valence-corrected chi connectivity index (χ4v) is 3.08. The van der Waals surface area contributed by atoms with Gasteiger partial charge in [0.2, 0.25) is 0 Å². The SMILES string of the molecule is O=c1ccc(-c2ccco2)cn1C(c1ccccc1)c1ccccc1. The Morgan fingerprint density at radius 1 is 0.720 bits per heavy atom. The van der Waals surface area contributed by atoms with Gasteiger partial charge in [0, 0.05) is 17.8 Å². The first-order valence-corrected chi connectivity index (χ1v) is 8.19. The second-order valence-corrected chi connectivity index (χ2v) is 5.86. The zero-order valence-corrected chi connectivity index (χ0v) is 13.6. The number of benzene rings is 2. The molecule has 0 N–H and O–H groups in total. The topological polar surface area (TPSA) is 35.1 Å². The van der Waals surface area contributed by atoms with Crippen LogP contribution in [0.25, 0.3) is 11.3 Å². The first kappa shape index (κ1) is 15.2. The summed E-state index contributed by atoms with van der Waals surface area (Å²) >= 11 is 0. The van der Waals surface area contributed by atoms with E-state index in [1.807, 2.05) is 79.0 Å². The minimum absolute atomic E-state index is 0.0481. The summed E-state index contributed by atoms with van der Waals surface area (Å²) < 4.78 is 7.26. The lowest BCUT2D eigenvalue weighted by molar-refractivity contribution is 0.579. The molecule has 0 atom stereocenters. The van der Waals surface area contributed by atoms with Gasteiger partial charge in [0.05, 0.1) is 12.3 Å². The fraction of sp³-hybridized carbons (Fsp3) is 0.0455. The predicted octanol–water partition coefficient (Wildman–Crippen LogP) is 4.75. The number of furan rings is 1. The summed E-state index contributed by atoms with van der Waals surface area (Å²) in [6, 6.07) is 27.0. The highest BCUT2D eigenvalue weighted by Crippen LogP contribution is 2.27. The molecule has 0 aliphatic rings. The monoisotopic (exact) mass is 327 g/mol. The average Bonchev–Trinajstić information content (AvgIpc) is 3.20. The minimum atomic E-state index is -0.190. The number of aromatic nitrogens is 1. The van der Waals surface area contributed by atoms with E-state index in [4.69, 9.17) is 4.42 Å². The molecule has 0 saturated heterocycles. The summed E-state index contributed by atoms with van der Waals surface area (Å²) in [7, 11) is 0. The van der Waals surface area contributed by atoms with E-state index in [1.54, 1.807) is 23.0 Å². The molecule has 0 spiro atoms. The highest BCUT2D eigenvalue weighted by molar-refractivity contribution is 5.55. The molecular weight excluding hydrogens is 310 g/mol. The first-order valence-electron chi connectivity index (χ1n) is 8.19. The number of rotatable bonds is 4. The van der Waals surface area contributed by atoms with E-state index in [9.17, 15) is 4.79 Å². The Labute approximate surface area is 145 Å². The third kappa shape index (κ3) is 3.04. The Balaban J connectivity index is 1.91. The van der Waals surface area contributed by atoms with Gasteiger partial charge >= 0.3 is 0 Å². The van der Waals surface area contributed by atoms with Gasteiger partial charge in [-0.15, -0.1) is 0 Å². The molecule has 2 aromatic heterocycles. The van der Waals surface area contributed by atoms with Crippen LogP contribution in [-0.4, -0.2) is 4.57 Å². The smallest absolute Gasteiger partial charge is 0.251 e. The van der Waals surface area contributed by atoms with Crippen LogP contribution >= 0.6 is 0 Å². The maximum Gasteiger partial charge on any atom is 0.251 e. The van der Waals surface area contributed by atoms with Crippen molar-refractivity contribution in [3.8, 4) is 11.3 Å². The summed E-state index contributed by atoms with van der Waals surface area (Å²) in [6.07, 6.45) is 3.50. The van der Waals surface area contributed by atoms with E-state index in [1.165, 1.54) is 0 Å². The van der Waals surface area contributed by atoms with E-state index in [2.05, 4.69) is 0 Å². The van der Waals surface area contributed by atoms with Crippen LogP contribution < -0.4 is 5.56 Å². The van der Waals surface area contributed by atoms with E-state index < -0.39 is 0 Å². The van der Waals surface area contributed by atoms with Gasteiger partial charge in [-0.3, -0.25) is 4.79 Å². The van der Waals surface area contributed by atoms with Gasteiger partial charge in [-0.25, -0.2) is 0 Å². The third-order valence-corrected chi connectivity index (χ3v) is 4.25. The van der Waals surface area contributed by atoms with Crippen molar-refractivity contribution in [2.75, 3.05) is 0 Å². The highest BCUT2D eigenvalue weighted by atomic mass is 16.3. The molecule has 4 rings (SSSR count). The van der Waals surface area contributed by atoms with Crippen molar-refractivity contribution >= 4 is 0 Å². The van der Waals surface area contributed by atoms with Crippen LogP contribution in [0, 0.1) is 0 Å². The average molecular weight is 327 g/mol. The summed E-state index contributed by atoms with van der Waals surface area (Å²) in [4.78, 5) is 12.7. The summed E-state index contributed by atoms with van der Waals surface area (Å²) in [5.41, 5.74) is 2.95. The van der Waals surface area contributed by atoms with E-state index in [-0.39, 0.29) is 11.6 Å². The summed E-state index contributed by atoms with van der Waals surface area (Å²) in [6.45, 7) is 0. The van der Waals surface area contributed by atoms with Gasteiger partial charge < -0.3 is 8.98 Å². The zero-order chi connectivity index (χ0) is 17.1. The normalized spacial score (nSPS) is 10.9. The van der Waals surface area contributed by atoms with Crippen molar-refractivity contribution < 1.29 is 4.42 Å². The summed E-state index contributed by atoms with van der Waals surface area (Å²) in [5, 5.41) is 0. The zero-order valence-electron chi connectivity index (χ0n) is 13.6. The van der Waals surface area contributed by atoms with Gasteiger partial charge in [0.15, 0.2) is 0 Å². The van der Waals surface area contributed by atoms with Gasteiger partial charge in [-0.2, -0.15) is 0 Å². The van der Waals surface area contributed by atoms with E-state index in [0.29, 0.717) is 0 Å². The number of nitrogens with zero attached hydrogens (tertiary/aromatic N) is 1. The largest absolute Gasteiger partial charge is 0.464 e. The Hall–Kier alpha value is -3.33. The van der Waals surface area contributed by atoms with Crippen LogP contribution in [0.4, 0.5) is 0 Å². The maximum absolute atomic E-state index is 12.7. The van der Waals surface area contributed by atoms with Crippen molar-refractivity contribution in [1.29, 1.82) is 0 Å². The molecule has 0 aliphatic carbocycles. The van der Waals surface area contributed by atoms with Gasteiger partial charge in [-0.05, 0) is 29.3 Å². The second-order valence-electron chi connectivity index (χ2n) is 5.86. The molecule has 0 unspecified atom stereocenters. The molecule has 3 nitrogen and oxygen atoms in total. The lowest BCUT2D eigenvalue weighted by atomic mass is 9.98. The van der Waals surface area contributed by atoms with Crippen LogP contribution in [0.5, 0.6) is 0 Å².